The molecule has 154 valence electrons. The van der Waals surface area contributed by atoms with Gasteiger partial charge in [0.1, 0.15) is 31.3 Å². The highest BCUT2D eigenvalue weighted by molar-refractivity contribution is 7.90. The van der Waals surface area contributed by atoms with Crippen molar-refractivity contribution in [3.63, 3.8) is 0 Å². The lowest BCUT2D eigenvalue weighted by Gasteiger charge is -2.07. The van der Waals surface area contributed by atoms with Crippen LogP contribution in [0.4, 0.5) is 0 Å². The third-order valence-corrected chi connectivity index (χ3v) is 6.12. The first kappa shape index (κ1) is 20.8. The number of benzene rings is 2. The third-order valence-electron chi connectivity index (χ3n) is 3.80. The van der Waals surface area contributed by atoms with Crippen molar-refractivity contribution in [1.29, 1.82) is 0 Å². The van der Waals surface area contributed by atoms with Crippen molar-refractivity contribution >= 4 is 31.9 Å². The van der Waals surface area contributed by atoms with Crippen LogP contribution in [0.2, 0.25) is 0 Å². The van der Waals surface area contributed by atoms with E-state index in [0.717, 1.165) is 0 Å². The monoisotopic (exact) mass is 439 g/mol. The molecule has 0 atom stereocenters. The standard InChI is InChI=1S/C17H17N3O7S2/c18-28(22,23)13-7-5-12(6-8-13)26-9-10-27-16(21)11-19-17-14-3-1-2-4-15(14)29(24,25)20-17/h1-8H,9-11H2,(H,19,20)(H2,18,22,23). The molecule has 29 heavy (non-hydrogen) atoms. The van der Waals surface area contributed by atoms with Gasteiger partial charge in [-0.1, -0.05) is 12.1 Å². The zero-order chi connectivity index (χ0) is 21.1. The Morgan fingerprint density at radius 3 is 2.45 bits per heavy atom. The molecule has 0 amide bonds. The maximum absolute atomic E-state index is 12.0. The molecule has 0 bridgehead atoms. The number of ether oxygens (including phenoxy) is 2. The van der Waals surface area contributed by atoms with Crippen LogP contribution in [0.15, 0.2) is 63.3 Å². The third kappa shape index (κ3) is 5.10. The molecule has 12 heteroatoms. The summed E-state index contributed by atoms with van der Waals surface area (Å²) in [5.41, 5.74) is 0.395. The number of sulfonamides is 2. The van der Waals surface area contributed by atoms with Gasteiger partial charge < -0.3 is 9.47 Å². The van der Waals surface area contributed by atoms with Crippen molar-refractivity contribution in [1.82, 2.24) is 4.72 Å². The average Bonchev–Trinajstić information content (AvgIpc) is 2.94. The molecular formula is C17H17N3O7S2. The molecule has 2 aromatic carbocycles. The number of carbonyl (C=O) groups is 1. The van der Waals surface area contributed by atoms with Gasteiger partial charge in [0.15, 0.2) is 0 Å². The molecular weight excluding hydrogens is 422 g/mol. The number of carbonyl (C=O) groups excluding carboxylic acids is 1. The van der Waals surface area contributed by atoms with Gasteiger partial charge in [-0.05, 0) is 36.4 Å². The first-order chi connectivity index (χ1) is 13.7. The lowest BCUT2D eigenvalue weighted by molar-refractivity contribution is -0.142. The number of nitrogens with zero attached hydrogens (tertiary/aromatic N) is 1. The van der Waals surface area contributed by atoms with E-state index in [1.165, 1.54) is 30.3 Å². The molecule has 3 N–H and O–H groups in total. The Labute approximate surface area is 167 Å². The Kier molecular flexibility index (Phi) is 5.86. The minimum atomic E-state index is -3.78. The number of fused-ring (bicyclic) bond motifs is 1. The summed E-state index contributed by atoms with van der Waals surface area (Å²) in [6.45, 7) is -0.398. The zero-order valence-corrected chi connectivity index (χ0v) is 16.6. The van der Waals surface area contributed by atoms with Crippen molar-refractivity contribution in [3.8, 4) is 5.75 Å². The fraction of sp³-hybridized carbons (Fsp3) is 0.176. The second-order valence-corrected chi connectivity index (χ2v) is 9.06. The van der Waals surface area contributed by atoms with Gasteiger partial charge in [-0.3, -0.25) is 14.5 Å². The summed E-state index contributed by atoms with van der Waals surface area (Å²) in [4.78, 5) is 15.8. The Hall–Kier alpha value is -2.96. The Balaban J connectivity index is 1.47. The molecule has 3 rings (SSSR count). The Morgan fingerprint density at radius 2 is 1.76 bits per heavy atom. The van der Waals surface area contributed by atoms with Gasteiger partial charge in [0, 0.05) is 5.56 Å². The summed E-state index contributed by atoms with van der Waals surface area (Å²) in [6, 6.07) is 11.8. The summed E-state index contributed by atoms with van der Waals surface area (Å²) >= 11 is 0. The topological polar surface area (TPSA) is 154 Å². The van der Waals surface area contributed by atoms with Crippen LogP contribution in [0.25, 0.3) is 0 Å². The molecule has 0 unspecified atom stereocenters. The van der Waals surface area contributed by atoms with Crippen molar-refractivity contribution in [3.05, 3.63) is 54.1 Å². The first-order valence-corrected chi connectivity index (χ1v) is 11.3. The molecule has 1 heterocycles. The molecule has 0 saturated heterocycles. The highest BCUT2D eigenvalue weighted by Crippen LogP contribution is 2.22. The van der Waals surface area contributed by atoms with E-state index in [-0.39, 0.29) is 35.4 Å². The van der Waals surface area contributed by atoms with Gasteiger partial charge in [0.25, 0.3) is 10.0 Å². The second kappa shape index (κ2) is 8.19. The Bertz CT molecular complexity index is 1160. The van der Waals surface area contributed by atoms with Crippen LogP contribution in [0.5, 0.6) is 5.75 Å². The molecule has 1 aliphatic heterocycles. The first-order valence-electron chi connectivity index (χ1n) is 8.25. The van der Waals surface area contributed by atoms with E-state index < -0.39 is 26.0 Å². The largest absolute Gasteiger partial charge is 0.490 e. The maximum Gasteiger partial charge on any atom is 0.327 e. The molecule has 0 aromatic heterocycles. The second-order valence-electron chi connectivity index (χ2n) is 5.85. The lowest BCUT2D eigenvalue weighted by atomic mass is 10.2. The highest BCUT2D eigenvalue weighted by Gasteiger charge is 2.30. The van der Waals surface area contributed by atoms with E-state index in [9.17, 15) is 21.6 Å². The van der Waals surface area contributed by atoms with E-state index in [0.29, 0.717) is 11.3 Å². The highest BCUT2D eigenvalue weighted by atomic mass is 32.2. The molecule has 0 saturated carbocycles. The molecule has 0 radical (unpaired) electrons. The molecule has 10 nitrogen and oxygen atoms in total. The Morgan fingerprint density at radius 1 is 1.07 bits per heavy atom. The maximum atomic E-state index is 12.0. The molecule has 0 aliphatic carbocycles. The zero-order valence-electron chi connectivity index (χ0n) is 14.9. The molecule has 2 aromatic rings. The lowest BCUT2D eigenvalue weighted by Crippen LogP contribution is -2.23. The number of rotatable bonds is 7. The number of nitrogens with one attached hydrogen (secondary N) is 1. The minimum Gasteiger partial charge on any atom is -0.490 e. The molecule has 0 spiro atoms. The quantitative estimate of drug-likeness (QED) is 0.454. The molecule has 0 fully saturated rings. The molecule has 1 aliphatic rings. The van der Waals surface area contributed by atoms with Gasteiger partial charge in [-0.2, -0.15) is 0 Å². The van der Waals surface area contributed by atoms with Gasteiger partial charge in [0.05, 0.1) is 9.79 Å². The number of primary sulfonamides is 1. The van der Waals surface area contributed by atoms with Gasteiger partial charge in [-0.15, -0.1) is 0 Å². The van der Waals surface area contributed by atoms with E-state index in [2.05, 4.69) is 9.71 Å². The van der Waals surface area contributed by atoms with Gasteiger partial charge in [0.2, 0.25) is 10.0 Å². The predicted octanol–water partition coefficient (Wildman–Crippen LogP) is -0.00530. The van der Waals surface area contributed by atoms with Gasteiger partial charge >= 0.3 is 5.97 Å². The van der Waals surface area contributed by atoms with E-state index in [1.54, 1.807) is 18.2 Å². The van der Waals surface area contributed by atoms with Crippen LogP contribution in [0.1, 0.15) is 5.56 Å². The number of aliphatic imine (C=N–C) groups is 1. The summed E-state index contributed by atoms with van der Waals surface area (Å²) in [6.07, 6.45) is 0. The van der Waals surface area contributed by atoms with Crippen molar-refractivity contribution in [2.75, 3.05) is 19.8 Å². The SMILES string of the molecule is NS(=O)(=O)c1ccc(OCCOC(=O)CN=C2NS(=O)(=O)c3ccccc32)cc1. The van der Waals surface area contributed by atoms with E-state index in [1.807, 2.05) is 0 Å². The van der Waals surface area contributed by atoms with E-state index >= 15 is 0 Å². The number of hydrogen-bond donors (Lipinski definition) is 2. The van der Waals surface area contributed by atoms with Crippen molar-refractivity contribution < 1.29 is 31.1 Å². The van der Waals surface area contributed by atoms with Crippen molar-refractivity contribution in [2.45, 2.75) is 9.79 Å². The van der Waals surface area contributed by atoms with Crippen molar-refractivity contribution in [2.24, 2.45) is 10.1 Å². The average molecular weight is 439 g/mol. The summed E-state index contributed by atoms with van der Waals surface area (Å²) in [5.74, 6) is -0.191. The normalized spacial score (nSPS) is 16.1. The van der Waals surface area contributed by atoms with Crippen LogP contribution in [0, 0.1) is 0 Å². The number of amidine groups is 1. The smallest absolute Gasteiger partial charge is 0.327 e. The van der Waals surface area contributed by atoms with Crippen LogP contribution in [-0.2, 0) is 29.6 Å². The van der Waals surface area contributed by atoms with Gasteiger partial charge in [-0.25, -0.2) is 22.0 Å². The van der Waals surface area contributed by atoms with Crippen LogP contribution in [-0.4, -0.2) is 48.4 Å². The number of nitrogens with two attached hydrogens (primary N) is 1. The van der Waals surface area contributed by atoms with Crippen LogP contribution >= 0.6 is 0 Å². The number of hydrogen-bond acceptors (Lipinski definition) is 8. The summed E-state index contributed by atoms with van der Waals surface area (Å²) in [7, 11) is -7.44. The number of esters is 1. The van der Waals surface area contributed by atoms with Crippen LogP contribution < -0.4 is 14.6 Å². The summed E-state index contributed by atoms with van der Waals surface area (Å²) in [5, 5.41) is 5.00. The fourth-order valence-corrected chi connectivity index (χ4v) is 4.25. The van der Waals surface area contributed by atoms with E-state index in [4.69, 9.17) is 14.6 Å². The minimum absolute atomic E-state index is 0.0342. The fourth-order valence-electron chi connectivity index (χ4n) is 2.48. The van der Waals surface area contributed by atoms with Crippen LogP contribution in [0.3, 0.4) is 0 Å². The predicted molar refractivity (Wildman–Crippen MR) is 102 cm³/mol. The summed E-state index contributed by atoms with van der Waals surface area (Å²) < 4.78 is 58.9.